The molecule has 0 spiro atoms. The van der Waals surface area contributed by atoms with Gasteiger partial charge in [-0.1, -0.05) is 23.7 Å². The summed E-state index contributed by atoms with van der Waals surface area (Å²) in [6, 6.07) is 7.84. The van der Waals surface area contributed by atoms with Gasteiger partial charge in [-0.3, -0.25) is 0 Å². The van der Waals surface area contributed by atoms with E-state index in [1.165, 1.54) is 6.33 Å². The van der Waals surface area contributed by atoms with Crippen LogP contribution in [0.3, 0.4) is 0 Å². The minimum Gasteiger partial charge on any atom is -0.383 e. The van der Waals surface area contributed by atoms with Crippen LogP contribution in [0, 0.1) is 6.92 Å². The lowest BCUT2D eigenvalue weighted by Gasteiger charge is -2.16. The van der Waals surface area contributed by atoms with Gasteiger partial charge in [0.2, 0.25) is 0 Å². The molecule has 3 N–H and O–H groups in total. The predicted octanol–water partition coefficient (Wildman–Crippen LogP) is 3.19. The van der Waals surface area contributed by atoms with Gasteiger partial charge in [-0.15, -0.1) is 0 Å². The third-order valence-corrected chi connectivity index (χ3v) is 3.10. The van der Waals surface area contributed by atoms with E-state index >= 15 is 0 Å². The lowest BCUT2D eigenvalue weighted by molar-refractivity contribution is 0.869. The smallest absolute Gasteiger partial charge is 0.134 e. The highest BCUT2D eigenvalue weighted by Crippen LogP contribution is 2.23. The summed E-state index contributed by atoms with van der Waals surface area (Å²) in [7, 11) is 0. The molecule has 18 heavy (non-hydrogen) atoms. The summed E-state index contributed by atoms with van der Waals surface area (Å²) in [5.74, 6) is 1.25. The molecule has 0 bridgehead atoms. The molecule has 1 heterocycles. The maximum atomic E-state index is 5.87. The molecule has 1 unspecified atom stereocenters. The zero-order valence-electron chi connectivity index (χ0n) is 10.3. The Hall–Kier alpha value is -1.81. The van der Waals surface area contributed by atoms with Crippen molar-refractivity contribution in [3.8, 4) is 0 Å². The van der Waals surface area contributed by atoms with Crippen molar-refractivity contribution in [3.63, 3.8) is 0 Å². The molecule has 1 atom stereocenters. The second-order valence-electron chi connectivity index (χ2n) is 4.15. The van der Waals surface area contributed by atoms with E-state index in [0.29, 0.717) is 5.82 Å². The number of hydrogen-bond acceptors (Lipinski definition) is 4. The fraction of sp³-hybridized carbons (Fsp3) is 0.231. The predicted molar refractivity (Wildman–Crippen MR) is 74.7 cm³/mol. The fourth-order valence-corrected chi connectivity index (χ4v) is 1.78. The van der Waals surface area contributed by atoms with E-state index in [2.05, 4.69) is 22.2 Å². The van der Waals surface area contributed by atoms with E-state index in [1.54, 1.807) is 0 Å². The van der Waals surface area contributed by atoms with Crippen LogP contribution in [0.15, 0.2) is 30.6 Å². The van der Waals surface area contributed by atoms with Gasteiger partial charge in [0.25, 0.3) is 0 Å². The second kappa shape index (κ2) is 5.23. The molecular formula is C13H15ClN4. The zero-order chi connectivity index (χ0) is 13.1. The van der Waals surface area contributed by atoms with Gasteiger partial charge in [0.05, 0.1) is 0 Å². The largest absolute Gasteiger partial charge is 0.383 e. The Kier molecular flexibility index (Phi) is 3.67. The van der Waals surface area contributed by atoms with Crippen LogP contribution in [-0.4, -0.2) is 9.97 Å². The molecular weight excluding hydrogens is 248 g/mol. The maximum absolute atomic E-state index is 5.87. The van der Waals surface area contributed by atoms with Crippen LogP contribution < -0.4 is 11.1 Å². The van der Waals surface area contributed by atoms with Crippen LogP contribution in [0.25, 0.3) is 0 Å². The lowest BCUT2D eigenvalue weighted by Crippen LogP contribution is -2.10. The quantitative estimate of drug-likeness (QED) is 0.892. The first-order valence-corrected chi connectivity index (χ1v) is 6.05. The number of nitrogens with one attached hydrogen (secondary N) is 1. The van der Waals surface area contributed by atoms with Gasteiger partial charge in [0.15, 0.2) is 0 Å². The first kappa shape index (κ1) is 12.6. The van der Waals surface area contributed by atoms with Crippen LogP contribution in [0.1, 0.15) is 24.1 Å². The molecule has 0 aliphatic rings. The number of nitrogen functional groups attached to an aromatic ring is 1. The standard InChI is InChI=1S/C13H15ClN4/c1-8-12(15)16-7-17-13(8)18-9(2)10-3-5-11(14)6-4-10/h3-7,9H,1-2H3,(H3,15,16,17,18). The summed E-state index contributed by atoms with van der Waals surface area (Å²) in [5.41, 5.74) is 7.74. The van der Waals surface area contributed by atoms with Gasteiger partial charge in [-0.2, -0.15) is 0 Å². The Balaban J connectivity index is 2.18. The van der Waals surface area contributed by atoms with Crippen molar-refractivity contribution in [2.75, 3.05) is 11.1 Å². The lowest BCUT2D eigenvalue weighted by atomic mass is 10.1. The van der Waals surface area contributed by atoms with Crippen LogP contribution in [-0.2, 0) is 0 Å². The SMILES string of the molecule is Cc1c(N)ncnc1NC(C)c1ccc(Cl)cc1. The average molecular weight is 263 g/mol. The number of aromatic nitrogens is 2. The van der Waals surface area contributed by atoms with E-state index < -0.39 is 0 Å². The Morgan fingerprint density at radius 2 is 1.89 bits per heavy atom. The second-order valence-corrected chi connectivity index (χ2v) is 4.59. The Morgan fingerprint density at radius 3 is 2.56 bits per heavy atom. The summed E-state index contributed by atoms with van der Waals surface area (Å²) in [6.45, 7) is 3.95. The minimum absolute atomic E-state index is 0.121. The van der Waals surface area contributed by atoms with Gasteiger partial charge < -0.3 is 11.1 Å². The third kappa shape index (κ3) is 2.71. The van der Waals surface area contributed by atoms with Crippen molar-refractivity contribution in [2.45, 2.75) is 19.9 Å². The summed E-state index contributed by atoms with van der Waals surface area (Å²) in [5, 5.41) is 4.04. The van der Waals surface area contributed by atoms with Crippen LogP contribution in [0.2, 0.25) is 5.02 Å². The first-order chi connectivity index (χ1) is 8.58. The van der Waals surface area contributed by atoms with E-state index in [4.69, 9.17) is 17.3 Å². The van der Waals surface area contributed by atoms with Crippen molar-refractivity contribution < 1.29 is 0 Å². The molecule has 5 heteroatoms. The molecule has 0 fully saturated rings. The summed E-state index contributed by atoms with van der Waals surface area (Å²) in [6.07, 6.45) is 1.46. The van der Waals surface area contributed by atoms with E-state index in [0.717, 1.165) is 22.0 Å². The first-order valence-electron chi connectivity index (χ1n) is 5.67. The van der Waals surface area contributed by atoms with Crippen LogP contribution in [0.4, 0.5) is 11.6 Å². The number of nitrogens with zero attached hydrogens (tertiary/aromatic N) is 2. The molecule has 0 amide bonds. The highest BCUT2D eigenvalue weighted by atomic mass is 35.5. The summed E-state index contributed by atoms with van der Waals surface area (Å²) < 4.78 is 0. The van der Waals surface area contributed by atoms with Crippen molar-refractivity contribution in [1.29, 1.82) is 0 Å². The van der Waals surface area contributed by atoms with Crippen molar-refractivity contribution >= 4 is 23.2 Å². The van der Waals surface area contributed by atoms with Gasteiger partial charge in [0.1, 0.15) is 18.0 Å². The van der Waals surface area contributed by atoms with Crippen LogP contribution in [0.5, 0.6) is 0 Å². The van der Waals surface area contributed by atoms with Gasteiger partial charge in [-0.05, 0) is 31.5 Å². The monoisotopic (exact) mass is 262 g/mol. The third-order valence-electron chi connectivity index (χ3n) is 2.85. The molecule has 0 aliphatic heterocycles. The van der Waals surface area contributed by atoms with Crippen molar-refractivity contribution in [1.82, 2.24) is 9.97 Å². The van der Waals surface area contributed by atoms with Crippen molar-refractivity contribution in [3.05, 3.63) is 46.7 Å². The molecule has 1 aromatic carbocycles. The molecule has 2 aromatic rings. The molecule has 0 saturated heterocycles. The number of anilines is 2. The highest BCUT2D eigenvalue weighted by molar-refractivity contribution is 6.30. The summed E-state index contributed by atoms with van der Waals surface area (Å²) >= 11 is 5.87. The van der Waals surface area contributed by atoms with Gasteiger partial charge >= 0.3 is 0 Å². The van der Waals surface area contributed by atoms with E-state index in [-0.39, 0.29) is 6.04 Å². The van der Waals surface area contributed by atoms with Gasteiger partial charge in [0, 0.05) is 16.6 Å². The fourth-order valence-electron chi connectivity index (χ4n) is 1.65. The Morgan fingerprint density at radius 1 is 1.22 bits per heavy atom. The average Bonchev–Trinajstić information content (AvgIpc) is 2.36. The van der Waals surface area contributed by atoms with Crippen LogP contribution >= 0.6 is 11.6 Å². The van der Waals surface area contributed by atoms with E-state index in [1.807, 2.05) is 31.2 Å². The Bertz CT molecular complexity index is 539. The molecule has 94 valence electrons. The number of hydrogen-bond donors (Lipinski definition) is 2. The number of benzene rings is 1. The number of halogens is 1. The Labute approximate surface area is 111 Å². The highest BCUT2D eigenvalue weighted by Gasteiger charge is 2.09. The normalized spacial score (nSPS) is 12.2. The zero-order valence-corrected chi connectivity index (χ0v) is 11.1. The molecule has 2 rings (SSSR count). The molecule has 4 nitrogen and oxygen atoms in total. The maximum Gasteiger partial charge on any atom is 0.134 e. The minimum atomic E-state index is 0.121. The molecule has 0 aliphatic carbocycles. The molecule has 0 radical (unpaired) electrons. The molecule has 1 aromatic heterocycles. The number of rotatable bonds is 3. The summed E-state index contributed by atoms with van der Waals surface area (Å²) in [4.78, 5) is 8.13. The number of nitrogens with two attached hydrogens (primary N) is 1. The topological polar surface area (TPSA) is 63.8 Å². The molecule has 0 saturated carbocycles. The van der Waals surface area contributed by atoms with E-state index in [9.17, 15) is 0 Å². The van der Waals surface area contributed by atoms with Gasteiger partial charge in [-0.25, -0.2) is 9.97 Å². The van der Waals surface area contributed by atoms with Crippen molar-refractivity contribution in [2.24, 2.45) is 0 Å².